The number of carbonyl (C=O) groups excluding carboxylic acids is 2. The second kappa shape index (κ2) is 7.25. The molecule has 2 N–H and O–H groups in total. The fraction of sp³-hybridized carbons (Fsp3) is 0.250. The number of thiophene rings is 1. The highest BCUT2D eigenvalue weighted by molar-refractivity contribution is 7.18. The summed E-state index contributed by atoms with van der Waals surface area (Å²) in [5.41, 5.74) is 4.26. The molecule has 0 unspecified atom stereocenters. The first-order chi connectivity index (χ1) is 13.0. The highest BCUT2D eigenvalue weighted by atomic mass is 32.1. The first-order valence-electron chi connectivity index (χ1n) is 8.75. The van der Waals surface area contributed by atoms with Crippen molar-refractivity contribution in [3.8, 4) is 11.3 Å². The van der Waals surface area contributed by atoms with Crippen molar-refractivity contribution >= 4 is 44.6 Å². The molecule has 1 aromatic carbocycles. The molecule has 7 heteroatoms. The van der Waals surface area contributed by atoms with Crippen LogP contribution >= 0.6 is 22.7 Å². The van der Waals surface area contributed by atoms with Gasteiger partial charge in [0.1, 0.15) is 0 Å². The van der Waals surface area contributed by atoms with Crippen molar-refractivity contribution in [3.63, 3.8) is 0 Å². The van der Waals surface area contributed by atoms with Gasteiger partial charge in [0.15, 0.2) is 5.13 Å². The Labute approximate surface area is 165 Å². The average Bonchev–Trinajstić information content (AvgIpc) is 3.23. The molecule has 1 fully saturated rings. The zero-order valence-corrected chi connectivity index (χ0v) is 16.7. The zero-order chi connectivity index (χ0) is 19.0. The van der Waals surface area contributed by atoms with E-state index in [1.807, 2.05) is 12.3 Å². The van der Waals surface area contributed by atoms with Gasteiger partial charge < -0.3 is 5.32 Å². The van der Waals surface area contributed by atoms with Crippen LogP contribution in [0, 0.1) is 19.8 Å². The molecule has 5 nitrogen and oxygen atoms in total. The highest BCUT2D eigenvalue weighted by Gasteiger charge is 2.29. The molecule has 2 aromatic heterocycles. The molecular weight excluding hydrogens is 378 g/mol. The number of carbonyl (C=O) groups is 2. The van der Waals surface area contributed by atoms with Gasteiger partial charge in [-0.1, -0.05) is 17.7 Å². The maximum atomic E-state index is 12.5. The summed E-state index contributed by atoms with van der Waals surface area (Å²) in [6, 6.07) is 9.74. The number of aryl methyl sites for hydroxylation is 2. The van der Waals surface area contributed by atoms with Gasteiger partial charge in [0.2, 0.25) is 5.91 Å². The van der Waals surface area contributed by atoms with E-state index in [4.69, 9.17) is 0 Å². The van der Waals surface area contributed by atoms with E-state index < -0.39 is 0 Å². The second-order valence-electron chi connectivity index (χ2n) is 6.74. The van der Waals surface area contributed by atoms with Crippen LogP contribution in [0.5, 0.6) is 0 Å². The molecule has 0 spiro atoms. The van der Waals surface area contributed by atoms with Crippen molar-refractivity contribution in [2.75, 3.05) is 10.6 Å². The summed E-state index contributed by atoms with van der Waals surface area (Å²) < 4.78 is 0. The highest BCUT2D eigenvalue weighted by Crippen LogP contribution is 2.32. The fourth-order valence-electron chi connectivity index (χ4n) is 2.72. The van der Waals surface area contributed by atoms with Crippen LogP contribution in [0.1, 0.15) is 33.6 Å². The SMILES string of the molecule is Cc1ccc(C)c(-c2csc(NC(=O)c3ccc(NC(=O)C4CC4)s3)n2)c1. The van der Waals surface area contributed by atoms with Gasteiger partial charge in [-0.25, -0.2) is 4.98 Å². The molecule has 1 aliphatic carbocycles. The first kappa shape index (κ1) is 17.9. The lowest BCUT2D eigenvalue weighted by molar-refractivity contribution is -0.117. The quantitative estimate of drug-likeness (QED) is 0.630. The monoisotopic (exact) mass is 397 g/mol. The fourth-order valence-corrected chi connectivity index (χ4v) is 4.23. The van der Waals surface area contributed by atoms with Crippen LogP contribution in [0.2, 0.25) is 0 Å². The largest absolute Gasteiger partial charge is 0.317 e. The maximum Gasteiger partial charge on any atom is 0.267 e. The van der Waals surface area contributed by atoms with Crippen molar-refractivity contribution in [1.82, 2.24) is 4.98 Å². The number of thiazole rings is 1. The summed E-state index contributed by atoms with van der Waals surface area (Å²) in [6.07, 6.45) is 1.91. The third-order valence-corrected chi connectivity index (χ3v) is 6.18. The predicted octanol–water partition coefficient (Wildman–Crippen LogP) is 5.09. The molecule has 0 radical (unpaired) electrons. The Morgan fingerprint density at radius 1 is 1.11 bits per heavy atom. The van der Waals surface area contributed by atoms with Gasteiger partial charge >= 0.3 is 0 Å². The van der Waals surface area contributed by atoms with Crippen LogP contribution in [-0.4, -0.2) is 16.8 Å². The molecule has 3 aromatic rings. The van der Waals surface area contributed by atoms with Gasteiger partial charge in [-0.3, -0.25) is 14.9 Å². The molecule has 138 valence electrons. The number of benzene rings is 1. The van der Waals surface area contributed by atoms with Gasteiger partial charge in [-0.05, 0) is 50.5 Å². The summed E-state index contributed by atoms with van der Waals surface area (Å²) in [5, 5.41) is 8.93. The van der Waals surface area contributed by atoms with Crippen molar-refractivity contribution < 1.29 is 9.59 Å². The Morgan fingerprint density at radius 3 is 2.70 bits per heavy atom. The van der Waals surface area contributed by atoms with Crippen LogP contribution in [0.25, 0.3) is 11.3 Å². The Balaban J connectivity index is 1.44. The molecule has 2 heterocycles. The molecule has 0 atom stereocenters. The summed E-state index contributed by atoms with van der Waals surface area (Å²) in [5.74, 6) is -0.0288. The molecule has 4 rings (SSSR count). The summed E-state index contributed by atoms with van der Waals surface area (Å²) in [6.45, 7) is 4.10. The number of amides is 2. The predicted molar refractivity (Wildman–Crippen MR) is 111 cm³/mol. The molecule has 2 amide bonds. The summed E-state index contributed by atoms with van der Waals surface area (Å²) in [4.78, 5) is 29.4. The van der Waals surface area contributed by atoms with E-state index in [0.717, 1.165) is 29.7 Å². The molecule has 0 aliphatic heterocycles. The van der Waals surface area contributed by atoms with Gasteiger partial charge in [0.05, 0.1) is 15.6 Å². The second-order valence-corrected chi connectivity index (χ2v) is 8.68. The van der Waals surface area contributed by atoms with Gasteiger partial charge in [0, 0.05) is 16.9 Å². The Kier molecular flexibility index (Phi) is 4.80. The molecule has 1 aliphatic rings. The van der Waals surface area contributed by atoms with Crippen molar-refractivity contribution in [2.24, 2.45) is 5.92 Å². The Hall–Kier alpha value is -2.51. The summed E-state index contributed by atoms with van der Waals surface area (Å²) >= 11 is 2.68. The minimum Gasteiger partial charge on any atom is -0.317 e. The minimum atomic E-state index is -0.214. The third kappa shape index (κ3) is 4.09. The number of hydrogen-bond donors (Lipinski definition) is 2. The Bertz CT molecular complexity index is 1020. The van der Waals surface area contributed by atoms with E-state index in [9.17, 15) is 9.59 Å². The standard InChI is InChI=1S/C20H19N3O2S2/c1-11-3-4-12(2)14(9-11)15-10-26-20(21-15)23-19(25)16-7-8-17(27-16)22-18(24)13-5-6-13/h3-4,7-10,13H,5-6H2,1-2H3,(H,22,24)(H,21,23,25). The van der Waals surface area contributed by atoms with E-state index in [0.29, 0.717) is 15.0 Å². The normalized spacial score (nSPS) is 13.4. The van der Waals surface area contributed by atoms with Crippen molar-refractivity contribution in [3.05, 3.63) is 51.7 Å². The first-order valence-corrected chi connectivity index (χ1v) is 10.4. The van der Waals surface area contributed by atoms with E-state index in [2.05, 4.69) is 40.7 Å². The van der Waals surface area contributed by atoms with Crippen molar-refractivity contribution in [1.29, 1.82) is 0 Å². The van der Waals surface area contributed by atoms with Gasteiger partial charge in [0.25, 0.3) is 5.91 Å². The number of anilines is 2. The van der Waals surface area contributed by atoms with E-state index >= 15 is 0 Å². The Morgan fingerprint density at radius 2 is 1.93 bits per heavy atom. The number of nitrogens with zero attached hydrogens (tertiary/aromatic N) is 1. The molecule has 1 saturated carbocycles. The van der Waals surface area contributed by atoms with Gasteiger partial charge in [-0.2, -0.15) is 0 Å². The van der Waals surface area contributed by atoms with E-state index in [1.165, 1.54) is 28.2 Å². The topological polar surface area (TPSA) is 71.1 Å². The number of nitrogens with one attached hydrogen (secondary N) is 2. The lowest BCUT2D eigenvalue weighted by Gasteiger charge is -2.04. The molecule has 0 saturated heterocycles. The number of hydrogen-bond acceptors (Lipinski definition) is 5. The van der Waals surface area contributed by atoms with Crippen LogP contribution in [0.4, 0.5) is 10.1 Å². The summed E-state index contributed by atoms with van der Waals surface area (Å²) in [7, 11) is 0. The lowest BCUT2D eigenvalue weighted by atomic mass is 10.0. The van der Waals surface area contributed by atoms with Crippen LogP contribution in [0.3, 0.4) is 0 Å². The molecule has 27 heavy (non-hydrogen) atoms. The third-order valence-electron chi connectivity index (χ3n) is 4.42. The average molecular weight is 398 g/mol. The lowest BCUT2D eigenvalue weighted by Crippen LogP contribution is -2.12. The maximum absolute atomic E-state index is 12.5. The smallest absolute Gasteiger partial charge is 0.267 e. The number of rotatable bonds is 5. The van der Waals surface area contributed by atoms with Crippen LogP contribution in [-0.2, 0) is 4.79 Å². The van der Waals surface area contributed by atoms with E-state index in [1.54, 1.807) is 12.1 Å². The van der Waals surface area contributed by atoms with Gasteiger partial charge in [-0.15, -0.1) is 22.7 Å². The molecule has 0 bridgehead atoms. The van der Waals surface area contributed by atoms with Crippen LogP contribution in [0.15, 0.2) is 35.7 Å². The minimum absolute atomic E-state index is 0.0434. The van der Waals surface area contributed by atoms with E-state index in [-0.39, 0.29) is 17.7 Å². The number of aromatic nitrogens is 1. The van der Waals surface area contributed by atoms with Crippen LogP contribution < -0.4 is 10.6 Å². The molecular formula is C20H19N3O2S2. The zero-order valence-electron chi connectivity index (χ0n) is 15.0. The van der Waals surface area contributed by atoms with Crippen molar-refractivity contribution in [2.45, 2.75) is 26.7 Å².